The zero-order valence-corrected chi connectivity index (χ0v) is 12.6. The second-order valence-electron chi connectivity index (χ2n) is 4.36. The first-order valence-corrected chi connectivity index (χ1v) is 6.89. The van der Waals surface area contributed by atoms with E-state index in [1.807, 2.05) is 37.3 Å². The van der Waals surface area contributed by atoms with Gasteiger partial charge in [-0.1, -0.05) is 18.2 Å². The van der Waals surface area contributed by atoms with Crippen molar-refractivity contribution in [2.75, 3.05) is 17.7 Å². The first-order chi connectivity index (χ1) is 9.56. The van der Waals surface area contributed by atoms with Crippen LogP contribution in [0.15, 0.2) is 46.9 Å². The van der Waals surface area contributed by atoms with Crippen molar-refractivity contribution in [3.63, 3.8) is 0 Å². The van der Waals surface area contributed by atoms with Gasteiger partial charge in [-0.05, 0) is 52.7 Å². The number of hydrogen-bond acceptors (Lipinski definition) is 3. The number of nitrogen functional groups attached to an aromatic ring is 1. The summed E-state index contributed by atoms with van der Waals surface area (Å²) in [5, 5.41) is 2.76. The summed E-state index contributed by atoms with van der Waals surface area (Å²) in [4.78, 5) is 11.8. The molecule has 104 valence electrons. The van der Waals surface area contributed by atoms with Gasteiger partial charge in [0, 0.05) is 4.47 Å². The number of halogens is 1. The number of para-hydroxylation sites is 1. The van der Waals surface area contributed by atoms with E-state index in [9.17, 15) is 4.79 Å². The van der Waals surface area contributed by atoms with Crippen LogP contribution in [0, 0.1) is 6.92 Å². The number of carbonyl (C=O) groups is 1. The Bertz CT molecular complexity index is 629. The Labute approximate surface area is 126 Å². The summed E-state index contributed by atoms with van der Waals surface area (Å²) in [6, 6.07) is 12.8. The molecule has 0 saturated heterocycles. The minimum absolute atomic E-state index is 0.0883. The molecule has 3 N–H and O–H groups in total. The third-order valence-electron chi connectivity index (χ3n) is 2.68. The van der Waals surface area contributed by atoms with Crippen molar-refractivity contribution in [3.8, 4) is 5.75 Å². The van der Waals surface area contributed by atoms with Gasteiger partial charge in [0.25, 0.3) is 5.91 Å². The molecule has 2 aromatic carbocycles. The van der Waals surface area contributed by atoms with Crippen molar-refractivity contribution in [2.24, 2.45) is 0 Å². The molecular weight excluding hydrogens is 320 g/mol. The van der Waals surface area contributed by atoms with Crippen LogP contribution < -0.4 is 15.8 Å². The zero-order chi connectivity index (χ0) is 14.5. The number of anilines is 2. The Morgan fingerprint density at radius 1 is 1.30 bits per heavy atom. The van der Waals surface area contributed by atoms with Crippen molar-refractivity contribution < 1.29 is 9.53 Å². The Balaban J connectivity index is 1.96. The van der Waals surface area contributed by atoms with Crippen molar-refractivity contribution in [1.29, 1.82) is 0 Å². The molecule has 0 unspecified atom stereocenters. The third kappa shape index (κ3) is 3.74. The third-order valence-corrected chi connectivity index (χ3v) is 3.37. The second kappa shape index (κ2) is 6.43. The number of ether oxygens (including phenoxy) is 1. The number of benzene rings is 2. The summed E-state index contributed by atoms with van der Waals surface area (Å²) in [5.41, 5.74) is 8.04. The molecule has 0 spiro atoms. The fourth-order valence-corrected chi connectivity index (χ4v) is 2.04. The van der Waals surface area contributed by atoms with E-state index in [-0.39, 0.29) is 12.5 Å². The van der Waals surface area contributed by atoms with Gasteiger partial charge in [0.05, 0.1) is 11.4 Å². The molecule has 0 atom stereocenters. The van der Waals surface area contributed by atoms with E-state index >= 15 is 0 Å². The van der Waals surface area contributed by atoms with E-state index < -0.39 is 0 Å². The molecule has 0 bridgehead atoms. The van der Waals surface area contributed by atoms with E-state index in [0.29, 0.717) is 17.1 Å². The van der Waals surface area contributed by atoms with E-state index in [0.717, 1.165) is 10.0 Å². The van der Waals surface area contributed by atoms with Gasteiger partial charge in [-0.2, -0.15) is 0 Å². The summed E-state index contributed by atoms with van der Waals surface area (Å²) in [6.45, 7) is 1.85. The minimum Gasteiger partial charge on any atom is -0.482 e. The number of carbonyl (C=O) groups excluding carboxylic acids is 1. The average Bonchev–Trinajstić information content (AvgIpc) is 2.42. The van der Waals surface area contributed by atoms with Gasteiger partial charge in [0.15, 0.2) is 6.61 Å². The molecule has 0 radical (unpaired) electrons. The van der Waals surface area contributed by atoms with E-state index in [4.69, 9.17) is 10.5 Å². The number of aryl methyl sites for hydroxylation is 1. The van der Waals surface area contributed by atoms with Crippen molar-refractivity contribution in [2.45, 2.75) is 6.92 Å². The highest BCUT2D eigenvalue weighted by Gasteiger charge is 2.07. The number of rotatable bonds is 4. The van der Waals surface area contributed by atoms with Crippen LogP contribution in [-0.4, -0.2) is 12.5 Å². The van der Waals surface area contributed by atoms with E-state index in [1.54, 1.807) is 12.1 Å². The molecule has 20 heavy (non-hydrogen) atoms. The molecule has 0 aromatic heterocycles. The van der Waals surface area contributed by atoms with Crippen LogP contribution in [-0.2, 0) is 4.79 Å². The van der Waals surface area contributed by atoms with Crippen LogP contribution in [0.5, 0.6) is 5.75 Å². The molecule has 0 fully saturated rings. The maximum absolute atomic E-state index is 11.8. The highest BCUT2D eigenvalue weighted by molar-refractivity contribution is 9.10. The molecule has 1 amide bonds. The molecule has 2 aromatic rings. The first kappa shape index (κ1) is 14.4. The maximum atomic E-state index is 11.8. The van der Waals surface area contributed by atoms with Gasteiger partial charge >= 0.3 is 0 Å². The van der Waals surface area contributed by atoms with E-state index in [1.165, 1.54) is 0 Å². The molecular formula is C15H15BrN2O2. The Hall–Kier alpha value is -2.01. The van der Waals surface area contributed by atoms with Crippen LogP contribution in [0.1, 0.15) is 5.56 Å². The minimum atomic E-state index is -0.238. The predicted molar refractivity (Wildman–Crippen MR) is 83.9 cm³/mol. The lowest BCUT2D eigenvalue weighted by Crippen LogP contribution is -2.20. The first-order valence-electron chi connectivity index (χ1n) is 6.09. The summed E-state index contributed by atoms with van der Waals surface area (Å²) in [5.74, 6) is 0.282. The highest BCUT2D eigenvalue weighted by atomic mass is 79.9. The van der Waals surface area contributed by atoms with E-state index in [2.05, 4.69) is 21.2 Å². The second-order valence-corrected chi connectivity index (χ2v) is 5.21. The smallest absolute Gasteiger partial charge is 0.262 e. The van der Waals surface area contributed by atoms with Crippen molar-refractivity contribution in [3.05, 3.63) is 52.5 Å². The lowest BCUT2D eigenvalue weighted by Gasteiger charge is -2.10. The van der Waals surface area contributed by atoms with Gasteiger partial charge in [-0.3, -0.25) is 4.79 Å². The SMILES string of the molecule is Cc1ccc(N)c(OCC(=O)Nc2ccccc2Br)c1. The fourth-order valence-electron chi connectivity index (χ4n) is 1.66. The highest BCUT2D eigenvalue weighted by Crippen LogP contribution is 2.23. The zero-order valence-electron chi connectivity index (χ0n) is 11.0. The lowest BCUT2D eigenvalue weighted by atomic mass is 10.2. The van der Waals surface area contributed by atoms with Crippen LogP contribution >= 0.6 is 15.9 Å². The van der Waals surface area contributed by atoms with Crippen LogP contribution in [0.4, 0.5) is 11.4 Å². The van der Waals surface area contributed by atoms with Gasteiger partial charge in [0.1, 0.15) is 5.75 Å². The molecule has 0 aliphatic rings. The number of nitrogens with one attached hydrogen (secondary N) is 1. The molecule has 0 heterocycles. The number of amides is 1. The van der Waals surface area contributed by atoms with Gasteiger partial charge in [0.2, 0.25) is 0 Å². The average molecular weight is 335 g/mol. The topological polar surface area (TPSA) is 64.3 Å². The summed E-state index contributed by atoms with van der Waals surface area (Å²) in [6.07, 6.45) is 0. The van der Waals surface area contributed by atoms with Crippen molar-refractivity contribution >= 4 is 33.2 Å². The van der Waals surface area contributed by atoms with Gasteiger partial charge in [-0.15, -0.1) is 0 Å². The molecule has 2 rings (SSSR count). The Kier molecular flexibility index (Phi) is 4.63. The van der Waals surface area contributed by atoms with Gasteiger partial charge < -0.3 is 15.8 Å². The maximum Gasteiger partial charge on any atom is 0.262 e. The molecule has 0 saturated carbocycles. The summed E-state index contributed by atoms with van der Waals surface area (Å²) >= 11 is 3.37. The summed E-state index contributed by atoms with van der Waals surface area (Å²) in [7, 11) is 0. The fraction of sp³-hybridized carbons (Fsp3) is 0.133. The Morgan fingerprint density at radius 3 is 2.80 bits per heavy atom. The Morgan fingerprint density at radius 2 is 2.05 bits per heavy atom. The number of hydrogen-bond donors (Lipinski definition) is 2. The summed E-state index contributed by atoms with van der Waals surface area (Å²) < 4.78 is 6.26. The van der Waals surface area contributed by atoms with Crippen molar-refractivity contribution in [1.82, 2.24) is 0 Å². The molecule has 5 heteroatoms. The molecule has 0 aliphatic carbocycles. The predicted octanol–water partition coefficient (Wildman–Crippen LogP) is 3.36. The monoisotopic (exact) mass is 334 g/mol. The van der Waals surface area contributed by atoms with Crippen LogP contribution in [0.25, 0.3) is 0 Å². The standard InChI is InChI=1S/C15H15BrN2O2/c1-10-6-7-12(17)14(8-10)20-9-15(19)18-13-5-3-2-4-11(13)16/h2-8H,9,17H2,1H3,(H,18,19). The number of nitrogens with two attached hydrogens (primary N) is 1. The largest absolute Gasteiger partial charge is 0.482 e. The quantitative estimate of drug-likeness (QED) is 0.842. The lowest BCUT2D eigenvalue weighted by molar-refractivity contribution is -0.118. The molecule has 0 aliphatic heterocycles. The molecule has 4 nitrogen and oxygen atoms in total. The van der Waals surface area contributed by atoms with Crippen LogP contribution in [0.2, 0.25) is 0 Å². The van der Waals surface area contributed by atoms with Crippen LogP contribution in [0.3, 0.4) is 0 Å². The normalized spacial score (nSPS) is 10.1. The van der Waals surface area contributed by atoms with Gasteiger partial charge in [-0.25, -0.2) is 0 Å².